The Morgan fingerprint density at radius 2 is 1.63 bits per heavy atom. The zero-order valence-electron chi connectivity index (χ0n) is 10.2. The van der Waals surface area contributed by atoms with Crippen LogP contribution in [-0.4, -0.2) is 9.55 Å². The summed E-state index contributed by atoms with van der Waals surface area (Å²) in [4.78, 5) is 14.7. The molecule has 0 saturated carbocycles. The molecule has 0 aliphatic rings. The standard InChI is InChI=1S/C15H13N3O/c16-12-6-8-13(9-7-12)18-14(10-17-15(18)19)11-4-2-1-3-5-11/h1-10H,16H2,(H,17,19). The number of aromatic amines is 1. The second-order valence-electron chi connectivity index (χ2n) is 4.27. The number of nitrogen functional groups attached to an aromatic ring is 1. The predicted molar refractivity (Wildman–Crippen MR) is 76.2 cm³/mol. The first-order chi connectivity index (χ1) is 9.25. The second kappa shape index (κ2) is 4.49. The molecule has 0 atom stereocenters. The molecule has 1 heterocycles. The van der Waals surface area contributed by atoms with Crippen molar-refractivity contribution in [2.75, 3.05) is 5.73 Å². The van der Waals surface area contributed by atoms with Gasteiger partial charge in [0.1, 0.15) is 0 Å². The third-order valence-electron chi connectivity index (χ3n) is 3.00. The summed E-state index contributed by atoms with van der Waals surface area (Å²) in [5.41, 5.74) is 8.79. The van der Waals surface area contributed by atoms with Crippen molar-refractivity contribution in [3.63, 3.8) is 0 Å². The highest BCUT2D eigenvalue weighted by Crippen LogP contribution is 2.20. The Hall–Kier alpha value is -2.75. The lowest BCUT2D eigenvalue weighted by atomic mass is 10.1. The van der Waals surface area contributed by atoms with Crippen LogP contribution in [0.2, 0.25) is 0 Å². The molecule has 19 heavy (non-hydrogen) atoms. The fraction of sp³-hybridized carbons (Fsp3) is 0. The van der Waals surface area contributed by atoms with Gasteiger partial charge in [-0.2, -0.15) is 0 Å². The minimum Gasteiger partial charge on any atom is -0.399 e. The van der Waals surface area contributed by atoms with Gasteiger partial charge in [-0.05, 0) is 24.3 Å². The molecule has 0 fully saturated rings. The molecule has 4 nitrogen and oxygen atoms in total. The Bertz CT molecular complexity index is 739. The fourth-order valence-electron chi connectivity index (χ4n) is 2.07. The van der Waals surface area contributed by atoms with Gasteiger partial charge in [-0.15, -0.1) is 0 Å². The van der Waals surface area contributed by atoms with E-state index < -0.39 is 0 Å². The minimum atomic E-state index is -0.163. The summed E-state index contributed by atoms with van der Waals surface area (Å²) < 4.78 is 1.63. The summed E-state index contributed by atoms with van der Waals surface area (Å²) in [6, 6.07) is 17.0. The van der Waals surface area contributed by atoms with Crippen LogP contribution in [0.3, 0.4) is 0 Å². The maximum atomic E-state index is 12.0. The largest absolute Gasteiger partial charge is 0.399 e. The molecule has 0 aliphatic carbocycles. The average molecular weight is 251 g/mol. The van der Waals surface area contributed by atoms with Gasteiger partial charge in [0.05, 0.1) is 11.4 Å². The summed E-state index contributed by atoms with van der Waals surface area (Å²) in [6.07, 6.45) is 1.72. The molecule has 1 aromatic heterocycles. The highest BCUT2D eigenvalue weighted by Gasteiger charge is 2.09. The Kier molecular flexibility index (Phi) is 2.68. The normalized spacial score (nSPS) is 10.5. The Morgan fingerprint density at radius 3 is 2.32 bits per heavy atom. The number of hydrogen-bond acceptors (Lipinski definition) is 2. The van der Waals surface area contributed by atoms with Gasteiger partial charge in [0.25, 0.3) is 0 Å². The van der Waals surface area contributed by atoms with Gasteiger partial charge >= 0.3 is 5.69 Å². The Labute approximate surface area is 110 Å². The van der Waals surface area contributed by atoms with E-state index in [1.165, 1.54) is 0 Å². The Morgan fingerprint density at radius 1 is 0.947 bits per heavy atom. The number of nitrogens with two attached hydrogens (primary N) is 1. The van der Waals surface area contributed by atoms with Crippen molar-refractivity contribution < 1.29 is 0 Å². The van der Waals surface area contributed by atoms with Crippen LogP contribution in [0.15, 0.2) is 65.6 Å². The van der Waals surface area contributed by atoms with Crippen LogP contribution in [0.25, 0.3) is 16.9 Å². The molecular weight excluding hydrogens is 238 g/mol. The number of nitrogens with one attached hydrogen (secondary N) is 1. The molecule has 3 rings (SSSR count). The third kappa shape index (κ3) is 2.04. The molecule has 0 spiro atoms. The zero-order valence-corrected chi connectivity index (χ0v) is 10.2. The lowest BCUT2D eigenvalue weighted by molar-refractivity contribution is 0.993. The van der Waals surface area contributed by atoms with E-state index >= 15 is 0 Å². The molecular formula is C15H13N3O. The molecule has 0 amide bonds. The van der Waals surface area contributed by atoms with Crippen molar-refractivity contribution >= 4 is 5.69 Å². The van der Waals surface area contributed by atoms with Crippen molar-refractivity contribution in [1.82, 2.24) is 9.55 Å². The highest BCUT2D eigenvalue weighted by atomic mass is 16.1. The van der Waals surface area contributed by atoms with Crippen LogP contribution in [0, 0.1) is 0 Å². The van der Waals surface area contributed by atoms with Crippen LogP contribution >= 0.6 is 0 Å². The summed E-state index contributed by atoms with van der Waals surface area (Å²) in [5.74, 6) is 0. The molecule has 4 heteroatoms. The topological polar surface area (TPSA) is 63.8 Å². The van der Waals surface area contributed by atoms with Gasteiger partial charge in [-0.1, -0.05) is 30.3 Å². The summed E-state index contributed by atoms with van der Waals surface area (Å²) in [7, 11) is 0. The zero-order chi connectivity index (χ0) is 13.2. The average Bonchev–Trinajstić information content (AvgIpc) is 2.83. The van der Waals surface area contributed by atoms with Crippen LogP contribution in [0.5, 0.6) is 0 Å². The quantitative estimate of drug-likeness (QED) is 0.687. The molecule has 0 unspecified atom stereocenters. The molecule has 2 aromatic carbocycles. The SMILES string of the molecule is Nc1ccc(-n2c(-c3ccccc3)c[nH]c2=O)cc1. The van der Waals surface area contributed by atoms with Crippen LogP contribution < -0.4 is 11.4 Å². The number of hydrogen-bond donors (Lipinski definition) is 2. The maximum Gasteiger partial charge on any atom is 0.330 e. The summed E-state index contributed by atoms with van der Waals surface area (Å²) in [6.45, 7) is 0. The number of benzene rings is 2. The first kappa shape index (κ1) is 11.3. The lowest BCUT2D eigenvalue weighted by Crippen LogP contribution is -2.15. The van der Waals surface area contributed by atoms with E-state index in [1.54, 1.807) is 22.9 Å². The van der Waals surface area contributed by atoms with Crippen molar-refractivity contribution in [1.29, 1.82) is 0 Å². The molecule has 0 aliphatic heterocycles. The van der Waals surface area contributed by atoms with E-state index in [9.17, 15) is 4.79 Å². The monoisotopic (exact) mass is 251 g/mol. The minimum absolute atomic E-state index is 0.163. The highest BCUT2D eigenvalue weighted by molar-refractivity contribution is 5.62. The van der Waals surface area contributed by atoms with Crippen molar-refractivity contribution in [2.45, 2.75) is 0 Å². The van der Waals surface area contributed by atoms with Gasteiger partial charge in [-0.3, -0.25) is 4.57 Å². The molecule has 0 saturated heterocycles. The van der Waals surface area contributed by atoms with Crippen LogP contribution in [0.1, 0.15) is 0 Å². The number of anilines is 1. The smallest absolute Gasteiger partial charge is 0.330 e. The first-order valence-corrected chi connectivity index (χ1v) is 5.97. The molecule has 94 valence electrons. The molecule has 3 N–H and O–H groups in total. The van der Waals surface area contributed by atoms with E-state index in [2.05, 4.69) is 4.98 Å². The maximum absolute atomic E-state index is 12.0. The third-order valence-corrected chi connectivity index (χ3v) is 3.00. The van der Waals surface area contributed by atoms with E-state index in [1.807, 2.05) is 42.5 Å². The number of aromatic nitrogens is 2. The van der Waals surface area contributed by atoms with E-state index in [0.717, 1.165) is 16.9 Å². The number of rotatable bonds is 2. The van der Waals surface area contributed by atoms with Gasteiger partial charge < -0.3 is 10.7 Å². The summed E-state index contributed by atoms with van der Waals surface area (Å²) >= 11 is 0. The van der Waals surface area contributed by atoms with Crippen LogP contribution in [-0.2, 0) is 0 Å². The van der Waals surface area contributed by atoms with Crippen LogP contribution in [0.4, 0.5) is 5.69 Å². The fourth-order valence-corrected chi connectivity index (χ4v) is 2.07. The van der Waals surface area contributed by atoms with Crippen molar-refractivity contribution in [2.24, 2.45) is 0 Å². The first-order valence-electron chi connectivity index (χ1n) is 5.97. The second-order valence-corrected chi connectivity index (χ2v) is 4.27. The predicted octanol–water partition coefficient (Wildman–Crippen LogP) is 2.41. The van der Waals surface area contributed by atoms with Gasteiger partial charge in [0.2, 0.25) is 0 Å². The molecule has 0 bridgehead atoms. The van der Waals surface area contributed by atoms with E-state index in [-0.39, 0.29) is 5.69 Å². The molecule has 3 aromatic rings. The lowest BCUT2D eigenvalue weighted by Gasteiger charge is -2.07. The van der Waals surface area contributed by atoms with E-state index in [4.69, 9.17) is 5.73 Å². The molecule has 0 radical (unpaired) electrons. The van der Waals surface area contributed by atoms with Gasteiger partial charge in [0, 0.05) is 17.4 Å². The summed E-state index contributed by atoms with van der Waals surface area (Å²) in [5, 5.41) is 0. The van der Waals surface area contributed by atoms with Gasteiger partial charge in [-0.25, -0.2) is 4.79 Å². The van der Waals surface area contributed by atoms with Crippen molar-refractivity contribution in [3.05, 3.63) is 71.3 Å². The number of imidazole rings is 1. The number of nitrogens with zero attached hydrogens (tertiary/aromatic N) is 1. The van der Waals surface area contributed by atoms with E-state index in [0.29, 0.717) is 5.69 Å². The van der Waals surface area contributed by atoms with Gasteiger partial charge in [0.15, 0.2) is 0 Å². The van der Waals surface area contributed by atoms with Crippen molar-refractivity contribution in [3.8, 4) is 16.9 Å². The Balaban J connectivity index is 2.19. The number of H-pyrrole nitrogens is 1.